The number of likely N-dealkylation sites (N-methyl/N-ethyl adjacent to an activating group) is 1. The molecule has 0 fully saturated rings. The molecule has 0 spiro atoms. The van der Waals surface area contributed by atoms with E-state index >= 15 is 0 Å². The Balaban J connectivity index is 4.23. The molecule has 0 aliphatic heterocycles. The predicted molar refractivity (Wildman–Crippen MR) is 77.5 cm³/mol. The molecular formula is C14H30N2O3. The summed E-state index contributed by atoms with van der Waals surface area (Å²) >= 11 is 0. The van der Waals surface area contributed by atoms with Gasteiger partial charge in [-0.05, 0) is 54.1 Å². The number of carboxylic acids is 1. The molecule has 0 aliphatic carbocycles. The Bertz CT molecular complexity index is 271. The van der Waals surface area contributed by atoms with Crippen molar-refractivity contribution in [2.45, 2.75) is 58.2 Å². The third-order valence-corrected chi connectivity index (χ3v) is 3.43. The number of hydrogen-bond acceptors (Lipinski definition) is 4. The van der Waals surface area contributed by atoms with Crippen LogP contribution in [-0.2, 0) is 9.53 Å². The van der Waals surface area contributed by atoms with Crippen molar-refractivity contribution in [1.29, 1.82) is 0 Å². The highest BCUT2D eigenvalue weighted by atomic mass is 16.5. The van der Waals surface area contributed by atoms with Crippen LogP contribution in [0.1, 0.15) is 40.5 Å². The molecule has 0 aromatic rings. The van der Waals surface area contributed by atoms with E-state index in [-0.39, 0.29) is 6.04 Å². The maximum absolute atomic E-state index is 11.4. The minimum Gasteiger partial charge on any atom is -0.480 e. The number of carbonyl (C=O) groups is 1. The number of ether oxygens (including phenoxy) is 1. The third kappa shape index (κ3) is 6.89. The molecule has 0 aliphatic rings. The van der Waals surface area contributed by atoms with Gasteiger partial charge in [0.25, 0.3) is 0 Å². The summed E-state index contributed by atoms with van der Waals surface area (Å²) in [4.78, 5) is 13.6. The van der Waals surface area contributed by atoms with E-state index in [1.54, 1.807) is 14.0 Å². The van der Waals surface area contributed by atoms with Gasteiger partial charge in [-0.15, -0.1) is 0 Å². The SMILES string of the molecule is COCC(C)N(C)CCCC(C)(NC(C)C)C(=O)O. The number of nitrogens with zero attached hydrogens (tertiary/aromatic N) is 1. The Kier molecular flexibility index (Phi) is 8.22. The summed E-state index contributed by atoms with van der Waals surface area (Å²) < 4.78 is 5.11. The quantitative estimate of drug-likeness (QED) is 0.633. The summed E-state index contributed by atoms with van der Waals surface area (Å²) in [5.41, 5.74) is -0.848. The Morgan fingerprint density at radius 1 is 1.42 bits per heavy atom. The Morgan fingerprint density at radius 2 is 2.00 bits per heavy atom. The molecule has 0 saturated carbocycles. The molecule has 5 heteroatoms. The van der Waals surface area contributed by atoms with E-state index in [2.05, 4.69) is 17.1 Å². The van der Waals surface area contributed by atoms with Gasteiger partial charge in [-0.3, -0.25) is 10.1 Å². The zero-order chi connectivity index (χ0) is 15.1. The van der Waals surface area contributed by atoms with Crippen LogP contribution in [0.25, 0.3) is 0 Å². The summed E-state index contributed by atoms with van der Waals surface area (Å²) in [6.07, 6.45) is 1.46. The number of aliphatic carboxylic acids is 1. The molecule has 2 N–H and O–H groups in total. The average molecular weight is 274 g/mol. The maximum atomic E-state index is 11.4. The van der Waals surface area contributed by atoms with Crippen molar-refractivity contribution in [2.75, 3.05) is 27.3 Å². The van der Waals surface area contributed by atoms with Crippen molar-refractivity contribution in [2.24, 2.45) is 0 Å². The smallest absolute Gasteiger partial charge is 0.323 e. The molecule has 0 saturated heterocycles. The van der Waals surface area contributed by atoms with Crippen LogP contribution < -0.4 is 5.32 Å². The zero-order valence-corrected chi connectivity index (χ0v) is 13.2. The van der Waals surface area contributed by atoms with Gasteiger partial charge < -0.3 is 14.7 Å². The van der Waals surface area contributed by atoms with Crippen molar-refractivity contribution < 1.29 is 14.6 Å². The topological polar surface area (TPSA) is 61.8 Å². The lowest BCUT2D eigenvalue weighted by Gasteiger charge is -2.30. The first-order valence-electron chi connectivity index (χ1n) is 6.93. The molecule has 19 heavy (non-hydrogen) atoms. The zero-order valence-electron chi connectivity index (χ0n) is 13.2. The molecule has 0 heterocycles. The predicted octanol–water partition coefficient (Wildman–Crippen LogP) is 1.57. The van der Waals surface area contributed by atoms with E-state index < -0.39 is 11.5 Å². The van der Waals surface area contributed by atoms with Gasteiger partial charge in [0.05, 0.1) is 6.61 Å². The molecule has 0 amide bonds. The molecule has 0 rings (SSSR count). The number of rotatable bonds is 10. The second-order valence-electron chi connectivity index (χ2n) is 5.82. The van der Waals surface area contributed by atoms with Gasteiger partial charge in [0.1, 0.15) is 5.54 Å². The normalized spacial score (nSPS) is 16.6. The van der Waals surface area contributed by atoms with Crippen molar-refractivity contribution >= 4 is 5.97 Å². The van der Waals surface area contributed by atoms with Crippen LogP contribution in [0.3, 0.4) is 0 Å². The number of hydrogen-bond donors (Lipinski definition) is 2. The van der Waals surface area contributed by atoms with E-state index in [0.717, 1.165) is 13.0 Å². The molecule has 0 radical (unpaired) electrons. The van der Waals surface area contributed by atoms with Gasteiger partial charge in [0, 0.05) is 19.2 Å². The number of methoxy groups -OCH3 is 1. The van der Waals surface area contributed by atoms with Crippen LogP contribution in [0.5, 0.6) is 0 Å². The van der Waals surface area contributed by atoms with Crippen LogP contribution in [0.15, 0.2) is 0 Å². The lowest BCUT2D eigenvalue weighted by atomic mass is 9.94. The Labute approximate surface area is 117 Å². The second kappa shape index (κ2) is 8.51. The first-order chi connectivity index (χ1) is 8.73. The fourth-order valence-corrected chi connectivity index (χ4v) is 2.15. The Hall–Kier alpha value is -0.650. The molecule has 114 valence electrons. The van der Waals surface area contributed by atoms with Crippen molar-refractivity contribution in [3.05, 3.63) is 0 Å². The summed E-state index contributed by atoms with van der Waals surface area (Å²) in [5.74, 6) is -0.784. The lowest BCUT2D eigenvalue weighted by Crippen LogP contribution is -2.52. The fraction of sp³-hybridized carbons (Fsp3) is 0.929. The van der Waals surface area contributed by atoms with E-state index in [1.165, 1.54) is 0 Å². The molecule has 0 aromatic heterocycles. The second-order valence-corrected chi connectivity index (χ2v) is 5.82. The molecule has 2 unspecified atom stereocenters. The minimum absolute atomic E-state index is 0.159. The Morgan fingerprint density at radius 3 is 2.42 bits per heavy atom. The highest BCUT2D eigenvalue weighted by molar-refractivity contribution is 5.78. The van der Waals surface area contributed by atoms with E-state index in [4.69, 9.17) is 4.74 Å². The summed E-state index contributed by atoms with van der Waals surface area (Å²) in [5, 5.41) is 12.5. The van der Waals surface area contributed by atoms with E-state index in [9.17, 15) is 9.90 Å². The highest BCUT2D eigenvalue weighted by Gasteiger charge is 2.32. The van der Waals surface area contributed by atoms with Crippen LogP contribution in [-0.4, -0.2) is 60.9 Å². The molecule has 2 atom stereocenters. The van der Waals surface area contributed by atoms with Gasteiger partial charge in [0.2, 0.25) is 0 Å². The van der Waals surface area contributed by atoms with Gasteiger partial charge in [0.15, 0.2) is 0 Å². The first kappa shape index (κ1) is 18.4. The summed E-state index contributed by atoms with van der Waals surface area (Å²) in [6.45, 7) is 9.35. The highest BCUT2D eigenvalue weighted by Crippen LogP contribution is 2.15. The van der Waals surface area contributed by atoms with Crippen molar-refractivity contribution in [3.63, 3.8) is 0 Å². The van der Waals surface area contributed by atoms with Gasteiger partial charge in [-0.1, -0.05) is 0 Å². The molecule has 0 bridgehead atoms. The third-order valence-electron chi connectivity index (χ3n) is 3.43. The largest absolute Gasteiger partial charge is 0.480 e. The van der Waals surface area contributed by atoms with Crippen LogP contribution in [0, 0.1) is 0 Å². The molecular weight excluding hydrogens is 244 g/mol. The van der Waals surface area contributed by atoms with Gasteiger partial charge in [-0.25, -0.2) is 0 Å². The molecule has 0 aromatic carbocycles. The lowest BCUT2D eigenvalue weighted by molar-refractivity contribution is -0.144. The van der Waals surface area contributed by atoms with Gasteiger partial charge >= 0.3 is 5.97 Å². The number of carboxylic acid groups (broad SMARTS) is 1. The van der Waals surface area contributed by atoms with Crippen LogP contribution >= 0.6 is 0 Å². The van der Waals surface area contributed by atoms with E-state index in [1.807, 2.05) is 20.9 Å². The monoisotopic (exact) mass is 274 g/mol. The number of nitrogens with one attached hydrogen (secondary N) is 1. The standard InChI is InChI=1S/C14H30N2O3/c1-11(2)15-14(4,13(17)18)8-7-9-16(5)12(3)10-19-6/h11-12,15H,7-10H2,1-6H3,(H,17,18). The summed E-state index contributed by atoms with van der Waals surface area (Å²) in [6, 6.07) is 0.505. The fourth-order valence-electron chi connectivity index (χ4n) is 2.15. The maximum Gasteiger partial charge on any atom is 0.323 e. The van der Waals surface area contributed by atoms with Crippen LogP contribution in [0.2, 0.25) is 0 Å². The molecule has 5 nitrogen and oxygen atoms in total. The van der Waals surface area contributed by atoms with Crippen LogP contribution in [0.4, 0.5) is 0 Å². The van der Waals surface area contributed by atoms with Crippen molar-refractivity contribution in [3.8, 4) is 0 Å². The minimum atomic E-state index is -0.848. The van der Waals surface area contributed by atoms with Gasteiger partial charge in [-0.2, -0.15) is 0 Å². The van der Waals surface area contributed by atoms with E-state index in [0.29, 0.717) is 19.1 Å². The average Bonchev–Trinajstić information content (AvgIpc) is 2.27. The first-order valence-corrected chi connectivity index (χ1v) is 6.93. The summed E-state index contributed by atoms with van der Waals surface area (Å²) in [7, 11) is 3.73. The van der Waals surface area contributed by atoms with Crippen molar-refractivity contribution in [1.82, 2.24) is 10.2 Å².